The molecule has 108 valence electrons. The quantitative estimate of drug-likeness (QED) is 0.672. The zero-order chi connectivity index (χ0) is 14.4. The molecule has 6 nitrogen and oxygen atoms in total. The van der Waals surface area contributed by atoms with Gasteiger partial charge in [0.2, 0.25) is 5.91 Å². The molecule has 3 aromatic heterocycles. The van der Waals surface area contributed by atoms with E-state index < -0.39 is 0 Å². The largest absolute Gasteiger partial charge is 0.369 e. The number of hydrogen-bond acceptors (Lipinski definition) is 3. The first kappa shape index (κ1) is 12.4. The van der Waals surface area contributed by atoms with E-state index in [4.69, 9.17) is 5.73 Å². The van der Waals surface area contributed by atoms with E-state index in [-0.39, 0.29) is 11.8 Å². The Hall–Kier alpha value is -2.37. The molecule has 21 heavy (non-hydrogen) atoms. The van der Waals surface area contributed by atoms with Gasteiger partial charge in [0.15, 0.2) is 5.65 Å². The summed E-state index contributed by atoms with van der Waals surface area (Å²) >= 11 is 0. The number of amides is 1. The van der Waals surface area contributed by atoms with Crippen molar-refractivity contribution in [2.75, 3.05) is 0 Å². The number of nitrogens with zero attached hydrogens (tertiary/aromatic N) is 2. The van der Waals surface area contributed by atoms with Gasteiger partial charge in [-0.25, -0.2) is 9.97 Å². The van der Waals surface area contributed by atoms with Crippen LogP contribution < -0.4 is 5.73 Å². The first-order valence-electron chi connectivity index (χ1n) is 7.33. The normalized spacial score (nSPS) is 22.9. The van der Waals surface area contributed by atoms with E-state index in [0.29, 0.717) is 5.92 Å². The minimum absolute atomic E-state index is 0.0359. The molecule has 4 rings (SSSR count). The first-order chi connectivity index (χ1) is 10.2. The fourth-order valence-electron chi connectivity index (χ4n) is 3.51. The van der Waals surface area contributed by atoms with Crippen LogP contribution in [0.1, 0.15) is 37.3 Å². The number of primary amides is 1. The number of fused-ring (bicyclic) bond motifs is 3. The second-order valence-electron chi connectivity index (χ2n) is 5.84. The second kappa shape index (κ2) is 4.58. The molecule has 0 bridgehead atoms. The minimum Gasteiger partial charge on any atom is -0.369 e. The first-order valence-corrected chi connectivity index (χ1v) is 7.33. The Bertz CT molecular complexity index is 810. The summed E-state index contributed by atoms with van der Waals surface area (Å²) in [5.41, 5.74) is 8.40. The third-order valence-corrected chi connectivity index (χ3v) is 4.67. The number of nitrogens with two attached hydrogens (primary N) is 1. The molecular formula is C15H17N5O. The average Bonchev–Trinajstić information content (AvgIpc) is 3.13. The van der Waals surface area contributed by atoms with E-state index >= 15 is 0 Å². The van der Waals surface area contributed by atoms with Crippen LogP contribution in [0.5, 0.6) is 0 Å². The summed E-state index contributed by atoms with van der Waals surface area (Å²) in [6, 6.07) is 2.00. The Labute approximate surface area is 121 Å². The molecule has 1 aliphatic carbocycles. The number of hydrogen-bond donors (Lipinski definition) is 3. The summed E-state index contributed by atoms with van der Waals surface area (Å²) in [5, 5.41) is 8.76. The highest BCUT2D eigenvalue weighted by Crippen LogP contribution is 2.38. The van der Waals surface area contributed by atoms with Crippen LogP contribution >= 0.6 is 0 Å². The molecule has 0 aliphatic heterocycles. The molecule has 0 radical (unpaired) electrons. The van der Waals surface area contributed by atoms with Gasteiger partial charge in [0.05, 0.1) is 11.7 Å². The maximum atomic E-state index is 11.3. The van der Waals surface area contributed by atoms with Crippen molar-refractivity contribution >= 4 is 27.8 Å². The van der Waals surface area contributed by atoms with E-state index in [1.54, 1.807) is 6.20 Å². The zero-order valence-corrected chi connectivity index (χ0v) is 11.6. The monoisotopic (exact) mass is 283 g/mol. The molecule has 4 N–H and O–H groups in total. The fourth-order valence-corrected chi connectivity index (χ4v) is 3.51. The van der Waals surface area contributed by atoms with Crippen LogP contribution in [0.3, 0.4) is 0 Å². The SMILES string of the molecule is NC(=O)C1CCC(c2[nH][nH]c3cnc4nccc4c23)CC1. The van der Waals surface area contributed by atoms with Crippen LogP contribution in [-0.4, -0.2) is 26.1 Å². The topological polar surface area (TPSA) is 100 Å². The van der Waals surface area contributed by atoms with Crippen LogP contribution in [0.15, 0.2) is 18.5 Å². The Balaban J connectivity index is 1.74. The minimum atomic E-state index is -0.164. The van der Waals surface area contributed by atoms with Crippen LogP contribution in [0.2, 0.25) is 0 Å². The van der Waals surface area contributed by atoms with Crippen molar-refractivity contribution in [2.24, 2.45) is 11.7 Å². The van der Waals surface area contributed by atoms with Crippen molar-refractivity contribution in [3.63, 3.8) is 0 Å². The third-order valence-electron chi connectivity index (χ3n) is 4.67. The highest BCUT2D eigenvalue weighted by molar-refractivity contribution is 6.04. The highest BCUT2D eigenvalue weighted by atomic mass is 16.1. The van der Waals surface area contributed by atoms with Gasteiger partial charge in [0.25, 0.3) is 0 Å². The molecule has 0 spiro atoms. The van der Waals surface area contributed by atoms with E-state index in [1.165, 1.54) is 11.1 Å². The van der Waals surface area contributed by atoms with E-state index in [0.717, 1.165) is 42.2 Å². The molecule has 3 aromatic rings. The van der Waals surface area contributed by atoms with Crippen molar-refractivity contribution in [3.8, 4) is 0 Å². The number of pyridine rings is 1. The average molecular weight is 283 g/mol. The number of rotatable bonds is 2. The second-order valence-corrected chi connectivity index (χ2v) is 5.84. The maximum absolute atomic E-state index is 11.3. The molecule has 0 saturated heterocycles. The number of aromatic amines is 2. The van der Waals surface area contributed by atoms with Crippen molar-refractivity contribution in [3.05, 3.63) is 24.2 Å². The summed E-state index contributed by atoms with van der Waals surface area (Å²) in [7, 11) is 0. The lowest BCUT2D eigenvalue weighted by atomic mass is 9.79. The lowest BCUT2D eigenvalue weighted by Gasteiger charge is -2.26. The number of H-pyrrole nitrogens is 2. The molecule has 1 aliphatic rings. The molecule has 3 heterocycles. The number of carbonyl (C=O) groups is 1. The highest BCUT2D eigenvalue weighted by Gasteiger charge is 2.28. The predicted octanol–water partition coefficient (Wildman–Crippen LogP) is 2.20. The molecule has 6 heteroatoms. The van der Waals surface area contributed by atoms with Gasteiger partial charge in [0.1, 0.15) is 0 Å². The summed E-state index contributed by atoms with van der Waals surface area (Å²) < 4.78 is 0. The van der Waals surface area contributed by atoms with Gasteiger partial charge < -0.3 is 10.8 Å². The van der Waals surface area contributed by atoms with Gasteiger partial charge >= 0.3 is 0 Å². The van der Waals surface area contributed by atoms with Crippen molar-refractivity contribution in [1.82, 2.24) is 20.2 Å². The van der Waals surface area contributed by atoms with Gasteiger partial charge in [-0.05, 0) is 31.7 Å². The summed E-state index contributed by atoms with van der Waals surface area (Å²) in [4.78, 5) is 19.9. The third kappa shape index (κ3) is 1.90. The van der Waals surface area contributed by atoms with E-state index in [9.17, 15) is 4.79 Å². The molecule has 1 amide bonds. The Kier molecular flexibility index (Phi) is 2.70. The smallest absolute Gasteiger partial charge is 0.220 e. The predicted molar refractivity (Wildman–Crippen MR) is 79.6 cm³/mol. The lowest BCUT2D eigenvalue weighted by molar-refractivity contribution is -0.122. The van der Waals surface area contributed by atoms with Crippen LogP contribution in [-0.2, 0) is 4.79 Å². The van der Waals surface area contributed by atoms with Crippen LogP contribution in [0.4, 0.5) is 0 Å². The standard InChI is InChI=1S/C15H17N5O/c16-14(21)9-3-1-8(2-4-9)13-12-10-5-6-17-15(10)18-7-11(12)19-20-13/h5-9,19-20H,1-4H2,(H2,16,21). The molecule has 1 saturated carbocycles. The molecule has 0 aromatic carbocycles. The molecular weight excluding hydrogens is 266 g/mol. The van der Waals surface area contributed by atoms with Crippen LogP contribution in [0, 0.1) is 5.92 Å². The summed E-state index contributed by atoms with van der Waals surface area (Å²) in [5.74, 6) is 0.298. The summed E-state index contributed by atoms with van der Waals surface area (Å²) in [6.45, 7) is 0. The van der Waals surface area contributed by atoms with Crippen molar-refractivity contribution in [1.29, 1.82) is 0 Å². The summed E-state index contributed by atoms with van der Waals surface area (Å²) in [6.07, 6.45) is 7.31. The van der Waals surface area contributed by atoms with Crippen molar-refractivity contribution < 1.29 is 4.79 Å². The van der Waals surface area contributed by atoms with Gasteiger partial charge in [-0.2, -0.15) is 0 Å². The van der Waals surface area contributed by atoms with Crippen LogP contribution in [0.25, 0.3) is 21.9 Å². The van der Waals surface area contributed by atoms with Gasteiger partial charge in [0, 0.05) is 34.5 Å². The van der Waals surface area contributed by atoms with Gasteiger partial charge in [-0.1, -0.05) is 0 Å². The Morgan fingerprint density at radius 1 is 1.19 bits per heavy atom. The number of nitrogens with one attached hydrogen (secondary N) is 2. The number of carbonyl (C=O) groups excluding carboxylic acids is 1. The Morgan fingerprint density at radius 2 is 2.00 bits per heavy atom. The maximum Gasteiger partial charge on any atom is 0.220 e. The van der Waals surface area contributed by atoms with E-state index in [1.807, 2.05) is 12.3 Å². The van der Waals surface area contributed by atoms with E-state index in [2.05, 4.69) is 20.2 Å². The molecule has 0 atom stereocenters. The number of aromatic nitrogens is 4. The molecule has 0 unspecified atom stereocenters. The zero-order valence-electron chi connectivity index (χ0n) is 11.6. The van der Waals surface area contributed by atoms with Gasteiger partial charge in [-0.3, -0.25) is 9.89 Å². The van der Waals surface area contributed by atoms with Crippen molar-refractivity contribution in [2.45, 2.75) is 31.6 Å². The Morgan fingerprint density at radius 3 is 2.76 bits per heavy atom. The van der Waals surface area contributed by atoms with Gasteiger partial charge in [-0.15, -0.1) is 0 Å². The fraction of sp³-hybridized carbons (Fsp3) is 0.400. The lowest BCUT2D eigenvalue weighted by Crippen LogP contribution is -2.27. The molecule has 1 fully saturated rings.